The van der Waals surface area contributed by atoms with Gasteiger partial charge >= 0.3 is 0 Å². The molecule has 18 heavy (non-hydrogen) atoms. The normalized spacial score (nSPS) is 22.6. The highest BCUT2D eigenvalue weighted by Crippen LogP contribution is 2.24. The molecule has 98 valence electrons. The largest absolute Gasteiger partial charge is 0.381 e. The summed E-state index contributed by atoms with van der Waals surface area (Å²) in [6.45, 7) is 2.47. The fraction of sp³-hybridized carbons (Fsp3) is 0.538. The second-order valence-electron chi connectivity index (χ2n) is 4.73. The molecule has 0 saturated heterocycles. The quantitative estimate of drug-likeness (QED) is 0.642. The van der Waals surface area contributed by atoms with Crippen LogP contribution in [0.25, 0.3) is 0 Å². The minimum Gasteiger partial charge on any atom is -0.381 e. The smallest absolute Gasteiger partial charge is 0.272 e. The molecule has 2 rings (SSSR count). The lowest BCUT2D eigenvalue weighted by atomic mass is 9.89. The molecule has 1 aliphatic rings. The number of methoxy groups -OCH3 is 1. The molecule has 1 aromatic carbocycles. The van der Waals surface area contributed by atoms with Crippen LogP contribution in [-0.2, 0) is 11.3 Å². The Hall–Kier alpha value is -1.46. The third-order valence-electron chi connectivity index (χ3n) is 3.62. The Labute approximate surface area is 106 Å². The minimum absolute atomic E-state index is 0.192. The average molecular weight is 250 g/mol. The molecular weight excluding hydrogens is 232 g/mol. The van der Waals surface area contributed by atoms with Crippen LogP contribution in [0.5, 0.6) is 0 Å². The number of rotatable bonds is 5. The van der Waals surface area contributed by atoms with Gasteiger partial charge in [-0.3, -0.25) is 10.1 Å². The fourth-order valence-electron chi connectivity index (χ4n) is 2.24. The lowest BCUT2D eigenvalue weighted by Crippen LogP contribution is -2.44. The lowest BCUT2D eigenvalue weighted by molar-refractivity contribution is -0.385. The highest BCUT2D eigenvalue weighted by molar-refractivity contribution is 5.44. The van der Waals surface area contributed by atoms with E-state index in [1.807, 2.05) is 6.07 Å². The third-order valence-corrected chi connectivity index (χ3v) is 3.62. The van der Waals surface area contributed by atoms with Crippen LogP contribution in [0.2, 0.25) is 0 Å². The topological polar surface area (TPSA) is 64.4 Å². The summed E-state index contributed by atoms with van der Waals surface area (Å²) >= 11 is 0. The van der Waals surface area contributed by atoms with Gasteiger partial charge in [0.05, 0.1) is 11.0 Å². The second-order valence-corrected chi connectivity index (χ2v) is 4.73. The summed E-state index contributed by atoms with van der Waals surface area (Å²) in [4.78, 5) is 10.5. The number of nitro benzene ring substituents is 1. The maximum Gasteiger partial charge on any atom is 0.272 e. The van der Waals surface area contributed by atoms with E-state index in [1.54, 1.807) is 26.2 Å². The summed E-state index contributed by atoms with van der Waals surface area (Å²) < 4.78 is 5.21. The van der Waals surface area contributed by atoms with E-state index >= 15 is 0 Å². The van der Waals surface area contributed by atoms with Crippen molar-refractivity contribution < 1.29 is 9.66 Å². The van der Waals surface area contributed by atoms with Crippen molar-refractivity contribution in [2.24, 2.45) is 0 Å². The Morgan fingerprint density at radius 3 is 2.83 bits per heavy atom. The van der Waals surface area contributed by atoms with Gasteiger partial charge in [-0.15, -0.1) is 0 Å². The van der Waals surface area contributed by atoms with E-state index in [0.717, 1.165) is 24.0 Å². The molecule has 5 heteroatoms. The molecule has 1 fully saturated rings. The van der Waals surface area contributed by atoms with Crippen LogP contribution < -0.4 is 5.32 Å². The first-order chi connectivity index (χ1) is 8.61. The standard InChI is InChI=1S/C13H18N2O3/c1-9-10(4-3-5-13(9)15(16)17)8-14-11-6-12(7-11)18-2/h3-5,11-12,14H,6-8H2,1-2H3. The van der Waals surface area contributed by atoms with E-state index in [2.05, 4.69) is 5.32 Å². The zero-order chi connectivity index (χ0) is 13.1. The van der Waals surface area contributed by atoms with Gasteiger partial charge in [-0.1, -0.05) is 12.1 Å². The molecule has 1 aliphatic carbocycles. The molecule has 0 aliphatic heterocycles. The molecule has 0 amide bonds. The maximum atomic E-state index is 10.8. The lowest BCUT2D eigenvalue weighted by Gasteiger charge is -2.34. The van der Waals surface area contributed by atoms with E-state index in [9.17, 15) is 10.1 Å². The third kappa shape index (κ3) is 2.68. The first-order valence-corrected chi connectivity index (χ1v) is 6.11. The van der Waals surface area contributed by atoms with E-state index in [1.165, 1.54) is 0 Å². The molecule has 0 aromatic heterocycles. The fourth-order valence-corrected chi connectivity index (χ4v) is 2.24. The van der Waals surface area contributed by atoms with Crippen molar-refractivity contribution in [2.75, 3.05) is 7.11 Å². The summed E-state index contributed by atoms with van der Waals surface area (Å²) in [7, 11) is 1.73. The highest BCUT2D eigenvalue weighted by atomic mass is 16.6. The zero-order valence-electron chi connectivity index (χ0n) is 10.7. The molecule has 1 N–H and O–H groups in total. The average Bonchev–Trinajstić information content (AvgIpc) is 2.29. The molecule has 5 nitrogen and oxygen atoms in total. The summed E-state index contributed by atoms with van der Waals surface area (Å²) in [5.74, 6) is 0. The van der Waals surface area contributed by atoms with Gasteiger partial charge < -0.3 is 10.1 Å². The maximum absolute atomic E-state index is 10.8. The molecule has 1 aromatic rings. The second kappa shape index (κ2) is 5.46. The Balaban J connectivity index is 1.94. The van der Waals surface area contributed by atoms with Crippen molar-refractivity contribution in [1.82, 2.24) is 5.32 Å². The number of hydrogen-bond donors (Lipinski definition) is 1. The van der Waals surface area contributed by atoms with Gasteiger partial charge in [0, 0.05) is 31.3 Å². The van der Waals surface area contributed by atoms with Crippen molar-refractivity contribution in [3.8, 4) is 0 Å². The SMILES string of the molecule is COC1CC(NCc2cccc([N+](=O)[O-])c2C)C1. The minimum atomic E-state index is -0.330. The van der Waals surface area contributed by atoms with Crippen LogP contribution in [0.15, 0.2) is 18.2 Å². The van der Waals surface area contributed by atoms with Crippen LogP contribution in [0.4, 0.5) is 5.69 Å². The van der Waals surface area contributed by atoms with E-state index in [4.69, 9.17) is 4.74 Å². The summed E-state index contributed by atoms with van der Waals surface area (Å²) in [5.41, 5.74) is 1.93. The van der Waals surface area contributed by atoms with Crippen LogP contribution in [0.3, 0.4) is 0 Å². The number of hydrogen-bond acceptors (Lipinski definition) is 4. The van der Waals surface area contributed by atoms with Crippen LogP contribution in [0, 0.1) is 17.0 Å². The van der Waals surface area contributed by atoms with Crippen LogP contribution >= 0.6 is 0 Å². The van der Waals surface area contributed by atoms with E-state index < -0.39 is 0 Å². The predicted molar refractivity (Wildman–Crippen MR) is 68.5 cm³/mol. The van der Waals surface area contributed by atoms with E-state index in [0.29, 0.717) is 18.7 Å². The number of nitrogens with one attached hydrogen (secondary N) is 1. The van der Waals surface area contributed by atoms with Gasteiger partial charge in [-0.25, -0.2) is 0 Å². The Kier molecular flexibility index (Phi) is 3.93. The Morgan fingerprint density at radius 2 is 2.22 bits per heavy atom. The van der Waals surface area contributed by atoms with Gasteiger partial charge in [-0.2, -0.15) is 0 Å². The van der Waals surface area contributed by atoms with Gasteiger partial charge in [0.25, 0.3) is 5.69 Å². The number of nitrogens with zero attached hydrogens (tertiary/aromatic N) is 1. The van der Waals surface area contributed by atoms with Gasteiger partial charge in [0.1, 0.15) is 0 Å². The first kappa shape index (κ1) is 13.0. The van der Waals surface area contributed by atoms with E-state index in [-0.39, 0.29) is 10.6 Å². The van der Waals surface area contributed by atoms with Crippen LogP contribution in [0.1, 0.15) is 24.0 Å². The van der Waals surface area contributed by atoms with Gasteiger partial charge in [0.15, 0.2) is 0 Å². The molecule has 0 heterocycles. The van der Waals surface area contributed by atoms with Crippen molar-refractivity contribution in [1.29, 1.82) is 0 Å². The number of nitro groups is 1. The molecule has 0 unspecified atom stereocenters. The summed E-state index contributed by atoms with van der Waals surface area (Å²) in [6, 6.07) is 5.68. The molecule has 0 spiro atoms. The molecule has 0 radical (unpaired) electrons. The van der Waals surface area contributed by atoms with Crippen molar-refractivity contribution in [3.63, 3.8) is 0 Å². The predicted octanol–water partition coefficient (Wildman–Crippen LogP) is 2.17. The number of benzene rings is 1. The van der Waals surface area contributed by atoms with Gasteiger partial charge in [-0.05, 0) is 25.3 Å². The zero-order valence-corrected chi connectivity index (χ0v) is 10.7. The highest BCUT2D eigenvalue weighted by Gasteiger charge is 2.28. The molecule has 1 saturated carbocycles. The monoisotopic (exact) mass is 250 g/mol. The van der Waals surface area contributed by atoms with Gasteiger partial charge in [0.2, 0.25) is 0 Å². The van der Waals surface area contributed by atoms with Crippen molar-refractivity contribution >= 4 is 5.69 Å². The van der Waals surface area contributed by atoms with Crippen LogP contribution in [-0.4, -0.2) is 24.2 Å². The first-order valence-electron chi connectivity index (χ1n) is 6.11. The molecular formula is C13H18N2O3. The molecule has 0 atom stereocenters. The number of ether oxygens (including phenoxy) is 1. The summed E-state index contributed by atoms with van der Waals surface area (Å²) in [6.07, 6.45) is 2.41. The van der Waals surface area contributed by atoms with Crippen molar-refractivity contribution in [2.45, 2.75) is 38.5 Å². The summed E-state index contributed by atoms with van der Waals surface area (Å²) in [5, 5.41) is 14.2. The van der Waals surface area contributed by atoms with Crippen molar-refractivity contribution in [3.05, 3.63) is 39.4 Å². The Morgan fingerprint density at radius 1 is 1.50 bits per heavy atom. The Bertz CT molecular complexity index is 442. The molecule has 0 bridgehead atoms.